The van der Waals surface area contributed by atoms with Crippen molar-refractivity contribution in [3.8, 4) is 11.4 Å². The van der Waals surface area contributed by atoms with Gasteiger partial charge in [0.1, 0.15) is 11.4 Å². The molecule has 1 heterocycles. The predicted molar refractivity (Wildman–Crippen MR) is 66.4 cm³/mol. The van der Waals surface area contributed by atoms with Crippen LogP contribution in [0.1, 0.15) is 0 Å². The van der Waals surface area contributed by atoms with Gasteiger partial charge in [-0.1, -0.05) is 18.2 Å². The average Bonchev–Trinajstić information content (AvgIpc) is 2.82. The van der Waals surface area contributed by atoms with Crippen molar-refractivity contribution in [2.24, 2.45) is 0 Å². The summed E-state index contributed by atoms with van der Waals surface area (Å²) < 4.78 is 7.35. The van der Waals surface area contributed by atoms with Gasteiger partial charge in [-0.15, -0.1) is 0 Å². The first-order valence-corrected chi connectivity index (χ1v) is 5.51. The summed E-state index contributed by atoms with van der Waals surface area (Å²) in [5, 5.41) is 0. The van der Waals surface area contributed by atoms with E-state index < -0.39 is 0 Å². The Labute approximate surface area is 99.3 Å². The van der Waals surface area contributed by atoms with Crippen LogP contribution in [-0.4, -0.2) is 12.1 Å². The van der Waals surface area contributed by atoms with Crippen LogP contribution >= 0.6 is 0 Å². The maximum absolute atomic E-state index is 5.24. The van der Waals surface area contributed by atoms with Crippen molar-refractivity contribution in [3.05, 3.63) is 54.9 Å². The van der Waals surface area contributed by atoms with Gasteiger partial charge in [-0.05, 0) is 24.3 Å². The number of H-pyrrole nitrogens is 1. The van der Waals surface area contributed by atoms with Crippen LogP contribution in [0.5, 0.6) is 5.75 Å². The number of fused-ring (bicyclic) bond motifs is 1. The first kappa shape index (κ1) is 9.90. The van der Waals surface area contributed by atoms with Gasteiger partial charge in [0.25, 0.3) is 0 Å². The molecule has 3 aromatic rings. The molecule has 0 spiro atoms. The molecule has 0 fully saturated rings. The van der Waals surface area contributed by atoms with Crippen LogP contribution in [0.4, 0.5) is 0 Å². The Morgan fingerprint density at radius 2 is 1.94 bits per heavy atom. The Hall–Kier alpha value is -2.29. The molecule has 3 rings (SSSR count). The molecule has 0 aliphatic heterocycles. The molecule has 3 heteroatoms. The Balaban J connectivity index is 2.20. The standard InChI is InChI=1S/C14H12N2O/c1-17-12-6-4-5-11(9-12)16-10-15-13-7-2-3-8-14(13)16/h2-10H,1H3/p+1. The summed E-state index contributed by atoms with van der Waals surface area (Å²) in [6, 6.07) is 16.2. The van der Waals surface area contributed by atoms with Crippen LogP contribution in [0.3, 0.4) is 0 Å². The third kappa shape index (κ3) is 1.65. The van der Waals surface area contributed by atoms with Gasteiger partial charge >= 0.3 is 0 Å². The summed E-state index contributed by atoms with van der Waals surface area (Å²) >= 11 is 0. The van der Waals surface area contributed by atoms with E-state index in [0.29, 0.717) is 0 Å². The fourth-order valence-corrected chi connectivity index (χ4v) is 1.98. The first-order chi connectivity index (χ1) is 8.38. The number of hydrogen-bond donors (Lipinski definition) is 1. The molecule has 0 amide bonds. The van der Waals surface area contributed by atoms with E-state index in [9.17, 15) is 0 Å². The lowest BCUT2D eigenvalue weighted by molar-refractivity contribution is -0.567. The van der Waals surface area contributed by atoms with Crippen LogP contribution in [0.15, 0.2) is 54.9 Å². The minimum Gasteiger partial charge on any atom is -0.497 e. The zero-order chi connectivity index (χ0) is 11.7. The van der Waals surface area contributed by atoms with E-state index in [1.54, 1.807) is 7.11 Å². The molecule has 0 radical (unpaired) electrons. The molecule has 1 N–H and O–H groups in total. The minimum absolute atomic E-state index is 0.861. The topological polar surface area (TPSA) is 28.9 Å². The second-order valence-electron chi connectivity index (χ2n) is 3.86. The van der Waals surface area contributed by atoms with Gasteiger partial charge < -0.3 is 4.74 Å². The monoisotopic (exact) mass is 225 g/mol. The molecule has 0 unspecified atom stereocenters. The van der Waals surface area contributed by atoms with Crippen molar-refractivity contribution in [2.75, 3.05) is 7.11 Å². The number of aromatic nitrogens is 2. The van der Waals surface area contributed by atoms with Crippen molar-refractivity contribution >= 4 is 11.0 Å². The maximum atomic E-state index is 5.24. The summed E-state index contributed by atoms with van der Waals surface area (Å²) in [7, 11) is 1.68. The van der Waals surface area contributed by atoms with E-state index in [1.165, 1.54) is 0 Å². The van der Waals surface area contributed by atoms with Gasteiger partial charge in [0.05, 0.1) is 7.11 Å². The average molecular weight is 225 g/mol. The highest BCUT2D eigenvalue weighted by atomic mass is 16.5. The number of ether oxygens (including phenoxy) is 1. The van der Waals surface area contributed by atoms with Crippen LogP contribution in [0.2, 0.25) is 0 Å². The van der Waals surface area contributed by atoms with E-state index >= 15 is 0 Å². The second-order valence-corrected chi connectivity index (χ2v) is 3.86. The molecule has 0 aliphatic rings. The number of rotatable bonds is 2. The van der Waals surface area contributed by atoms with Crippen LogP contribution < -0.4 is 9.30 Å². The fraction of sp³-hybridized carbons (Fsp3) is 0.0714. The number of methoxy groups -OCH3 is 1. The summed E-state index contributed by atoms with van der Waals surface area (Å²) in [4.78, 5) is 3.25. The molecule has 0 aliphatic carbocycles. The smallest absolute Gasteiger partial charge is 0.247 e. The largest absolute Gasteiger partial charge is 0.497 e. The predicted octanol–water partition coefficient (Wildman–Crippen LogP) is 2.45. The van der Waals surface area contributed by atoms with E-state index in [1.807, 2.05) is 36.7 Å². The Morgan fingerprint density at radius 1 is 1.06 bits per heavy atom. The summed E-state index contributed by atoms with van der Waals surface area (Å²) in [5.41, 5.74) is 3.36. The van der Waals surface area contributed by atoms with Crippen molar-refractivity contribution < 1.29 is 9.30 Å². The van der Waals surface area contributed by atoms with Crippen molar-refractivity contribution in [1.82, 2.24) is 4.98 Å². The maximum Gasteiger partial charge on any atom is 0.247 e. The first-order valence-electron chi connectivity index (χ1n) is 5.51. The normalized spacial score (nSPS) is 10.6. The molecule has 84 valence electrons. The molecule has 0 saturated carbocycles. The number of hydrogen-bond acceptors (Lipinski definition) is 1. The number of imidazole rings is 1. The molecule has 0 atom stereocenters. The zero-order valence-corrected chi connectivity index (χ0v) is 9.55. The minimum atomic E-state index is 0.861. The van der Waals surface area contributed by atoms with Crippen LogP contribution in [0, 0.1) is 0 Å². The van der Waals surface area contributed by atoms with Crippen LogP contribution in [0.25, 0.3) is 16.7 Å². The summed E-state index contributed by atoms with van der Waals surface area (Å²) in [5.74, 6) is 0.861. The van der Waals surface area contributed by atoms with Crippen molar-refractivity contribution in [2.45, 2.75) is 0 Å². The molecule has 17 heavy (non-hydrogen) atoms. The van der Waals surface area contributed by atoms with Gasteiger partial charge in [-0.3, -0.25) is 0 Å². The third-order valence-electron chi connectivity index (χ3n) is 2.84. The molecular formula is C14H13N2O+. The number of para-hydroxylation sites is 2. The lowest BCUT2D eigenvalue weighted by Gasteiger charge is -2.01. The van der Waals surface area contributed by atoms with E-state index in [0.717, 1.165) is 22.5 Å². The Kier molecular flexibility index (Phi) is 2.29. The third-order valence-corrected chi connectivity index (χ3v) is 2.84. The van der Waals surface area contributed by atoms with Gasteiger partial charge in [0.2, 0.25) is 6.33 Å². The molecule has 1 aromatic heterocycles. The lowest BCUT2D eigenvalue weighted by Crippen LogP contribution is -2.28. The van der Waals surface area contributed by atoms with Gasteiger partial charge in [0.15, 0.2) is 11.0 Å². The van der Waals surface area contributed by atoms with Gasteiger partial charge in [0, 0.05) is 6.07 Å². The number of aromatic amines is 1. The highest BCUT2D eigenvalue weighted by Crippen LogP contribution is 2.14. The fourth-order valence-electron chi connectivity index (χ4n) is 1.98. The Morgan fingerprint density at radius 3 is 2.82 bits per heavy atom. The highest BCUT2D eigenvalue weighted by Gasteiger charge is 2.11. The molecule has 2 aromatic carbocycles. The molecular weight excluding hydrogens is 212 g/mol. The van der Waals surface area contributed by atoms with E-state index in [4.69, 9.17) is 4.74 Å². The SMILES string of the molecule is COc1cccc(-[n+]2c[nH]c3ccccc32)c1. The molecule has 0 bridgehead atoms. The highest BCUT2D eigenvalue weighted by molar-refractivity contribution is 5.71. The summed E-state index contributed by atoms with van der Waals surface area (Å²) in [6.07, 6.45) is 1.96. The van der Waals surface area contributed by atoms with Crippen molar-refractivity contribution in [3.63, 3.8) is 0 Å². The summed E-state index contributed by atoms with van der Waals surface area (Å²) in [6.45, 7) is 0. The van der Waals surface area contributed by atoms with Crippen molar-refractivity contribution in [1.29, 1.82) is 0 Å². The van der Waals surface area contributed by atoms with E-state index in [2.05, 4.69) is 27.8 Å². The Bertz CT molecular complexity index is 658. The zero-order valence-electron chi connectivity index (χ0n) is 9.55. The second kappa shape index (κ2) is 3.94. The quantitative estimate of drug-likeness (QED) is 0.667. The number of benzene rings is 2. The molecule has 3 nitrogen and oxygen atoms in total. The van der Waals surface area contributed by atoms with Gasteiger partial charge in [-0.25, -0.2) is 4.98 Å². The van der Waals surface area contributed by atoms with Crippen LogP contribution in [-0.2, 0) is 0 Å². The lowest BCUT2D eigenvalue weighted by atomic mass is 10.2. The number of nitrogens with one attached hydrogen (secondary N) is 1. The number of nitrogens with zero attached hydrogens (tertiary/aromatic N) is 1. The van der Waals surface area contributed by atoms with Gasteiger partial charge in [-0.2, -0.15) is 4.57 Å². The van der Waals surface area contributed by atoms with E-state index in [-0.39, 0.29) is 0 Å². The molecule has 0 saturated heterocycles.